The minimum Gasteiger partial charge on any atom is -0.478 e. The zero-order valence-electron chi connectivity index (χ0n) is 10.8. The molecule has 3 nitrogen and oxygen atoms in total. The molecule has 1 N–H and O–H groups in total. The number of nitrogens with zero attached hydrogens (tertiary/aromatic N) is 1. The van der Waals surface area contributed by atoms with Crippen LogP contribution in [-0.2, 0) is 6.54 Å². The molecule has 5 heteroatoms. The zero-order valence-corrected chi connectivity index (χ0v) is 14.0. The number of carbonyl (C=O) groups is 1. The number of halogens is 2. The summed E-state index contributed by atoms with van der Waals surface area (Å²) < 4.78 is 1.89. The van der Waals surface area contributed by atoms with Crippen molar-refractivity contribution in [1.29, 1.82) is 0 Å². The van der Waals surface area contributed by atoms with Gasteiger partial charge in [-0.2, -0.15) is 0 Å². The second-order valence-corrected chi connectivity index (χ2v) is 6.28. The monoisotopic (exact) mass is 397 g/mol. The predicted molar refractivity (Wildman–Crippen MR) is 87.4 cm³/mol. The van der Waals surface area contributed by atoms with Crippen LogP contribution >= 0.6 is 31.9 Å². The molecule has 0 unspecified atom stereocenters. The Labute approximate surface area is 134 Å². The molecule has 0 bridgehead atoms. The molecule has 0 aliphatic carbocycles. The van der Waals surface area contributed by atoms with Crippen LogP contribution in [-0.4, -0.2) is 18.1 Å². The third-order valence-electron chi connectivity index (χ3n) is 2.93. The van der Waals surface area contributed by atoms with Gasteiger partial charge in [0.05, 0.1) is 11.3 Å². The Balaban J connectivity index is 2.28. The highest BCUT2D eigenvalue weighted by atomic mass is 79.9. The molecule has 0 atom stereocenters. The van der Waals surface area contributed by atoms with Crippen molar-refractivity contribution in [3.63, 3.8) is 0 Å². The predicted octanol–water partition coefficient (Wildman–Crippen LogP) is 4.55. The average molecular weight is 399 g/mol. The smallest absolute Gasteiger partial charge is 0.337 e. The van der Waals surface area contributed by atoms with Gasteiger partial charge in [-0.25, -0.2) is 4.79 Å². The highest BCUT2D eigenvalue weighted by Crippen LogP contribution is 2.26. The number of hydrogen-bond acceptors (Lipinski definition) is 2. The summed E-state index contributed by atoms with van der Waals surface area (Å²) in [6, 6.07) is 13.1. The Morgan fingerprint density at radius 3 is 2.30 bits per heavy atom. The van der Waals surface area contributed by atoms with Crippen LogP contribution in [0, 0.1) is 0 Å². The van der Waals surface area contributed by atoms with Crippen LogP contribution in [0.4, 0.5) is 5.69 Å². The normalized spacial score (nSPS) is 10.3. The first-order chi connectivity index (χ1) is 9.47. The van der Waals surface area contributed by atoms with E-state index in [9.17, 15) is 9.90 Å². The maximum atomic E-state index is 11.3. The Bertz CT molecular complexity index is 626. The molecule has 0 aromatic heterocycles. The van der Waals surface area contributed by atoms with E-state index in [-0.39, 0.29) is 0 Å². The molecular formula is C15H13Br2NO2. The molecule has 2 aromatic rings. The Morgan fingerprint density at radius 2 is 1.70 bits per heavy atom. The second-order valence-electron chi connectivity index (χ2n) is 4.45. The van der Waals surface area contributed by atoms with E-state index < -0.39 is 5.97 Å². The third kappa shape index (κ3) is 3.61. The zero-order chi connectivity index (χ0) is 14.7. The van der Waals surface area contributed by atoms with E-state index in [1.54, 1.807) is 12.1 Å². The first-order valence-corrected chi connectivity index (χ1v) is 7.54. The van der Waals surface area contributed by atoms with Crippen molar-refractivity contribution >= 4 is 43.5 Å². The number of carboxylic acid groups (broad SMARTS) is 1. The van der Waals surface area contributed by atoms with Crippen LogP contribution in [0.25, 0.3) is 0 Å². The van der Waals surface area contributed by atoms with Gasteiger partial charge >= 0.3 is 5.97 Å². The SMILES string of the molecule is CN(Cc1ccc(Br)cc1)c1cc(Br)ccc1C(=O)O. The first kappa shape index (κ1) is 15.1. The number of rotatable bonds is 4. The maximum absolute atomic E-state index is 11.3. The molecule has 0 aliphatic rings. The third-order valence-corrected chi connectivity index (χ3v) is 3.96. The first-order valence-electron chi connectivity index (χ1n) is 5.96. The Morgan fingerprint density at radius 1 is 1.10 bits per heavy atom. The van der Waals surface area contributed by atoms with E-state index in [1.165, 1.54) is 0 Å². The molecule has 0 fully saturated rings. The van der Waals surface area contributed by atoms with Crippen LogP contribution in [0.2, 0.25) is 0 Å². The lowest BCUT2D eigenvalue weighted by Crippen LogP contribution is -2.19. The Kier molecular flexibility index (Phi) is 4.83. The molecule has 20 heavy (non-hydrogen) atoms. The Hall–Kier alpha value is -1.33. The van der Waals surface area contributed by atoms with Crippen molar-refractivity contribution in [3.05, 3.63) is 62.5 Å². The van der Waals surface area contributed by atoms with Gasteiger partial charge in [-0.15, -0.1) is 0 Å². The van der Waals surface area contributed by atoms with Crippen molar-refractivity contribution in [1.82, 2.24) is 0 Å². The molecule has 0 heterocycles. The van der Waals surface area contributed by atoms with Gasteiger partial charge in [-0.05, 0) is 35.9 Å². The van der Waals surface area contributed by atoms with Crippen LogP contribution in [0.1, 0.15) is 15.9 Å². The van der Waals surface area contributed by atoms with E-state index >= 15 is 0 Å². The van der Waals surface area contributed by atoms with Gasteiger partial charge in [0.2, 0.25) is 0 Å². The summed E-state index contributed by atoms with van der Waals surface area (Å²) in [6.45, 7) is 0.643. The van der Waals surface area contributed by atoms with Crippen molar-refractivity contribution < 1.29 is 9.90 Å². The molecule has 2 aromatic carbocycles. The molecular weight excluding hydrogens is 386 g/mol. The van der Waals surface area contributed by atoms with Crippen molar-refractivity contribution in [2.75, 3.05) is 11.9 Å². The molecule has 0 saturated heterocycles. The van der Waals surface area contributed by atoms with Crippen LogP contribution < -0.4 is 4.90 Å². The number of benzene rings is 2. The van der Waals surface area contributed by atoms with Crippen LogP contribution in [0.15, 0.2) is 51.4 Å². The minimum absolute atomic E-state index is 0.299. The van der Waals surface area contributed by atoms with Gasteiger partial charge < -0.3 is 10.0 Å². The molecule has 0 aliphatic heterocycles. The van der Waals surface area contributed by atoms with Crippen LogP contribution in [0.3, 0.4) is 0 Å². The van der Waals surface area contributed by atoms with Crippen molar-refractivity contribution in [2.45, 2.75) is 6.54 Å². The summed E-state index contributed by atoms with van der Waals surface area (Å²) in [5.74, 6) is -0.921. The molecule has 0 saturated carbocycles. The van der Waals surface area contributed by atoms with E-state index in [0.29, 0.717) is 17.8 Å². The van der Waals surface area contributed by atoms with Gasteiger partial charge in [0.1, 0.15) is 0 Å². The molecule has 0 amide bonds. The van der Waals surface area contributed by atoms with Gasteiger partial charge in [-0.1, -0.05) is 44.0 Å². The second kappa shape index (κ2) is 6.41. The summed E-state index contributed by atoms with van der Waals surface area (Å²) >= 11 is 6.78. The molecule has 0 radical (unpaired) electrons. The molecule has 104 valence electrons. The van der Waals surface area contributed by atoms with E-state index in [1.807, 2.05) is 42.3 Å². The average Bonchev–Trinajstić information content (AvgIpc) is 2.41. The maximum Gasteiger partial charge on any atom is 0.337 e. The topological polar surface area (TPSA) is 40.5 Å². The number of anilines is 1. The summed E-state index contributed by atoms with van der Waals surface area (Å²) in [7, 11) is 1.89. The fraction of sp³-hybridized carbons (Fsp3) is 0.133. The molecule has 0 spiro atoms. The largest absolute Gasteiger partial charge is 0.478 e. The fourth-order valence-electron chi connectivity index (χ4n) is 1.95. The minimum atomic E-state index is -0.921. The summed E-state index contributed by atoms with van der Waals surface area (Å²) in [6.07, 6.45) is 0. The van der Waals surface area contributed by atoms with Gasteiger partial charge in [0.25, 0.3) is 0 Å². The standard InChI is InChI=1S/C15H13Br2NO2/c1-18(9-10-2-4-11(16)5-3-10)14-8-12(17)6-7-13(14)15(19)20/h2-8H,9H2,1H3,(H,19,20). The lowest BCUT2D eigenvalue weighted by atomic mass is 10.1. The summed E-state index contributed by atoms with van der Waals surface area (Å²) in [5, 5.41) is 9.26. The lowest BCUT2D eigenvalue weighted by Gasteiger charge is -2.21. The summed E-state index contributed by atoms with van der Waals surface area (Å²) in [5.41, 5.74) is 2.11. The fourth-order valence-corrected chi connectivity index (χ4v) is 2.56. The highest BCUT2D eigenvalue weighted by Gasteiger charge is 2.14. The highest BCUT2D eigenvalue weighted by molar-refractivity contribution is 9.10. The quantitative estimate of drug-likeness (QED) is 0.821. The lowest BCUT2D eigenvalue weighted by molar-refractivity contribution is 0.0697. The summed E-state index contributed by atoms with van der Waals surface area (Å²) in [4.78, 5) is 13.2. The van der Waals surface area contributed by atoms with Crippen LogP contribution in [0.5, 0.6) is 0 Å². The van der Waals surface area contributed by atoms with E-state index in [2.05, 4.69) is 31.9 Å². The number of carboxylic acids is 1. The van der Waals surface area contributed by atoms with Gasteiger partial charge in [0, 0.05) is 22.5 Å². The van der Waals surface area contributed by atoms with Gasteiger partial charge in [0.15, 0.2) is 0 Å². The van der Waals surface area contributed by atoms with Gasteiger partial charge in [-0.3, -0.25) is 0 Å². The van der Waals surface area contributed by atoms with Crippen molar-refractivity contribution in [2.24, 2.45) is 0 Å². The van der Waals surface area contributed by atoms with Crippen molar-refractivity contribution in [3.8, 4) is 0 Å². The number of hydrogen-bond donors (Lipinski definition) is 1. The van der Waals surface area contributed by atoms with E-state index in [0.717, 1.165) is 14.5 Å². The van der Waals surface area contributed by atoms with E-state index in [4.69, 9.17) is 0 Å². The number of aromatic carboxylic acids is 1. The molecule has 2 rings (SSSR count).